The van der Waals surface area contributed by atoms with Crippen molar-refractivity contribution in [1.82, 2.24) is 5.32 Å². The first-order valence-electron chi connectivity index (χ1n) is 7.11. The molecule has 1 aromatic rings. The van der Waals surface area contributed by atoms with E-state index in [2.05, 4.69) is 5.32 Å². The maximum absolute atomic E-state index is 11.8. The van der Waals surface area contributed by atoms with Crippen molar-refractivity contribution in [2.75, 3.05) is 7.11 Å². The molecule has 0 bridgehead atoms. The first kappa shape index (κ1) is 17.2. The number of benzene rings is 1. The van der Waals surface area contributed by atoms with Gasteiger partial charge in [-0.3, -0.25) is 4.79 Å². The summed E-state index contributed by atoms with van der Waals surface area (Å²) >= 11 is 0. The standard InChI is InChI=1S/C16H23NO4/c1-12(21-2)8-11-15(18)17-14(16(19)20)10-9-13-6-4-3-5-7-13/h3-7,12,14H,8-11H2,1-2H3,(H,17,18)(H,19,20)/t12?,14-/m0/s1. The Kier molecular flexibility index (Phi) is 7.46. The summed E-state index contributed by atoms with van der Waals surface area (Å²) in [5.41, 5.74) is 1.06. The third-order valence-electron chi connectivity index (χ3n) is 3.38. The van der Waals surface area contributed by atoms with E-state index in [1.807, 2.05) is 37.3 Å². The van der Waals surface area contributed by atoms with Gasteiger partial charge in [0.2, 0.25) is 5.91 Å². The van der Waals surface area contributed by atoms with Crippen molar-refractivity contribution in [3.8, 4) is 0 Å². The molecule has 0 aliphatic carbocycles. The molecule has 0 radical (unpaired) electrons. The van der Waals surface area contributed by atoms with E-state index >= 15 is 0 Å². The molecule has 2 N–H and O–H groups in total. The van der Waals surface area contributed by atoms with Crippen molar-refractivity contribution in [3.05, 3.63) is 35.9 Å². The largest absolute Gasteiger partial charge is 0.480 e. The number of carbonyl (C=O) groups excluding carboxylic acids is 1. The van der Waals surface area contributed by atoms with Crippen LogP contribution in [0.5, 0.6) is 0 Å². The number of amides is 1. The molecule has 1 unspecified atom stereocenters. The molecule has 0 fully saturated rings. The maximum atomic E-state index is 11.8. The summed E-state index contributed by atoms with van der Waals surface area (Å²) in [4.78, 5) is 23.0. The highest BCUT2D eigenvalue weighted by Crippen LogP contribution is 2.06. The zero-order valence-electron chi connectivity index (χ0n) is 12.5. The zero-order chi connectivity index (χ0) is 15.7. The molecule has 21 heavy (non-hydrogen) atoms. The quantitative estimate of drug-likeness (QED) is 0.730. The van der Waals surface area contributed by atoms with Gasteiger partial charge in [-0.15, -0.1) is 0 Å². The number of rotatable bonds is 9. The van der Waals surface area contributed by atoms with Crippen LogP contribution in [0.3, 0.4) is 0 Å². The number of carboxylic acid groups (broad SMARTS) is 1. The highest BCUT2D eigenvalue weighted by Gasteiger charge is 2.19. The fourth-order valence-electron chi connectivity index (χ4n) is 1.93. The number of carboxylic acids is 1. The Morgan fingerprint density at radius 3 is 2.48 bits per heavy atom. The summed E-state index contributed by atoms with van der Waals surface area (Å²) in [6.07, 6.45) is 1.83. The topological polar surface area (TPSA) is 75.6 Å². The van der Waals surface area contributed by atoms with E-state index in [1.165, 1.54) is 0 Å². The summed E-state index contributed by atoms with van der Waals surface area (Å²) in [7, 11) is 1.59. The fourth-order valence-corrected chi connectivity index (χ4v) is 1.93. The predicted octanol–water partition coefficient (Wildman–Crippen LogP) is 2.00. The Labute approximate surface area is 125 Å². The molecule has 0 heterocycles. The van der Waals surface area contributed by atoms with Crippen molar-refractivity contribution in [2.45, 2.75) is 44.8 Å². The monoisotopic (exact) mass is 293 g/mol. The fraction of sp³-hybridized carbons (Fsp3) is 0.500. The zero-order valence-corrected chi connectivity index (χ0v) is 12.5. The molecule has 0 saturated carbocycles. The Hall–Kier alpha value is -1.88. The van der Waals surface area contributed by atoms with Gasteiger partial charge >= 0.3 is 5.97 Å². The second-order valence-corrected chi connectivity index (χ2v) is 5.07. The first-order valence-corrected chi connectivity index (χ1v) is 7.11. The SMILES string of the molecule is COC(C)CCC(=O)N[C@@H](CCc1ccccc1)C(=O)O. The van der Waals surface area contributed by atoms with Crippen LogP contribution in [0, 0.1) is 0 Å². The van der Waals surface area contributed by atoms with Crippen molar-refractivity contribution >= 4 is 11.9 Å². The number of aliphatic carboxylic acids is 1. The Balaban J connectivity index is 2.42. The minimum absolute atomic E-state index is 0.0108. The number of hydrogen-bond acceptors (Lipinski definition) is 3. The highest BCUT2D eigenvalue weighted by molar-refractivity contribution is 5.83. The first-order chi connectivity index (χ1) is 10.0. The van der Waals surface area contributed by atoms with Crippen LogP contribution in [0.2, 0.25) is 0 Å². The third-order valence-corrected chi connectivity index (χ3v) is 3.38. The molecule has 0 spiro atoms. The van der Waals surface area contributed by atoms with E-state index in [-0.39, 0.29) is 18.4 Å². The van der Waals surface area contributed by atoms with Gasteiger partial charge in [-0.05, 0) is 31.7 Å². The summed E-state index contributed by atoms with van der Waals surface area (Å²) in [6.45, 7) is 1.87. The van der Waals surface area contributed by atoms with Gasteiger partial charge in [-0.2, -0.15) is 0 Å². The Bertz CT molecular complexity index is 447. The molecule has 0 saturated heterocycles. The second-order valence-electron chi connectivity index (χ2n) is 5.07. The molecule has 1 rings (SSSR count). The van der Waals surface area contributed by atoms with E-state index in [9.17, 15) is 14.7 Å². The van der Waals surface area contributed by atoms with E-state index in [0.717, 1.165) is 5.56 Å². The molecule has 5 nitrogen and oxygen atoms in total. The van der Waals surface area contributed by atoms with Gasteiger partial charge in [0.15, 0.2) is 0 Å². The van der Waals surface area contributed by atoms with Crippen LogP contribution in [0.1, 0.15) is 31.7 Å². The smallest absolute Gasteiger partial charge is 0.326 e. The van der Waals surface area contributed by atoms with Gasteiger partial charge in [0.25, 0.3) is 0 Å². The summed E-state index contributed by atoms with van der Waals surface area (Å²) < 4.78 is 5.06. The highest BCUT2D eigenvalue weighted by atomic mass is 16.5. The van der Waals surface area contributed by atoms with Crippen LogP contribution in [-0.2, 0) is 20.7 Å². The number of methoxy groups -OCH3 is 1. The lowest BCUT2D eigenvalue weighted by atomic mass is 10.0. The lowest BCUT2D eigenvalue weighted by Gasteiger charge is -2.15. The molecule has 0 aliphatic heterocycles. The van der Waals surface area contributed by atoms with Gasteiger partial charge in [-0.25, -0.2) is 4.79 Å². The van der Waals surface area contributed by atoms with Crippen molar-refractivity contribution in [3.63, 3.8) is 0 Å². The summed E-state index contributed by atoms with van der Waals surface area (Å²) in [6, 6.07) is 8.78. The van der Waals surface area contributed by atoms with Crippen molar-refractivity contribution in [2.24, 2.45) is 0 Å². The van der Waals surface area contributed by atoms with Crippen molar-refractivity contribution in [1.29, 1.82) is 0 Å². The van der Waals surface area contributed by atoms with E-state index in [1.54, 1.807) is 7.11 Å². The number of carbonyl (C=O) groups is 2. The number of nitrogens with one attached hydrogen (secondary N) is 1. The average molecular weight is 293 g/mol. The minimum Gasteiger partial charge on any atom is -0.480 e. The van der Waals surface area contributed by atoms with Crippen molar-refractivity contribution < 1.29 is 19.4 Å². The molecular weight excluding hydrogens is 270 g/mol. The molecule has 1 amide bonds. The normalized spacial score (nSPS) is 13.4. The molecular formula is C16H23NO4. The van der Waals surface area contributed by atoms with E-state index in [4.69, 9.17) is 4.74 Å². The van der Waals surface area contributed by atoms with E-state index in [0.29, 0.717) is 19.3 Å². The predicted molar refractivity (Wildman–Crippen MR) is 80.0 cm³/mol. The molecule has 2 atom stereocenters. The van der Waals surface area contributed by atoms with Gasteiger partial charge in [0.1, 0.15) is 6.04 Å². The van der Waals surface area contributed by atoms with Gasteiger partial charge in [-0.1, -0.05) is 30.3 Å². The summed E-state index contributed by atoms with van der Waals surface area (Å²) in [5, 5.41) is 11.8. The molecule has 0 aliphatic rings. The van der Waals surface area contributed by atoms with Gasteiger partial charge < -0.3 is 15.2 Å². The number of hydrogen-bond donors (Lipinski definition) is 2. The lowest BCUT2D eigenvalue weighted by molar-refractivity contribution is -0.142. The van der Waals surface area contributed by atoms with Gasteiger partial charge in [0.05, 0.1) is 6.10 Å². The summed E-state index contributed by atoms with van der Waals surface area (Å²) in [5.74, 6) is -1.25. The van der Waals surface area contributed by atoms with Crippen LogP contribution < -0.4 is 5.32 Å². The Morgan fingerprint density at radius 1 is 1.24 bits per heavy atom. The van der Waals surface area contributed by atoms with Crippen LogP contribution in [0.25, 0.3) is 0 Å². The Morgan fingerprint density at radius 2 is 1.90 bits per heavy atom. The maximum Gasteiger partial charge on any atom is 0.326 e. The van der Waals surface area contributed by atoms with Gasteiger partial charge in [0, 0.05) is 13.5 Å². The molecule has 1 aromatic carbocycles. The second kappa shape index (κ2) is 9.13. The molecule has 5 heteroatoms. The number of aryl methyl sites for hydroxylation is 1. The molecule has 0 aromatic heterocycles. The van der Waals surface area contributed by atoms with Crippen LogP contribution in [-0.4, -0.2) is 36.2 Å². The number of ether oxygens (including phenoxy) is 1. The third kappa shape index (κ3) is 6.90. The van der Waals surface area contributed by atoms with Crippen LogP contribution in [0.4, 0.5) is 0 Å². The average Bonchev–Trinajstić information content (AvgIpc) is 2.49. The van der Waals surface area contributed by atoms with Crippen LogP contribution >= 0.6 is 0 Å². The minimum atomic E-state index is -1.00. The van der Waals surface area contributed by atoms with Crippen LogP contribution in [0.15, 0.2) is 30.3 Å². The lowest BCUT2D eigenvalue weighted by Crippen LogP contribution is -2.41. The molecule has 116 valence electrons. The van der Waals surface area contributed by atoms with E-state index < -0.39 is 12.0 Å².